The molecule has 1 aliphatic rings. The van der Waals surface area contributed by atoms with Crippen LogP contribution in [0.15, 0.2) is 4.52 Å². The van der Waals surface area contributed by atoms with Crippen LogP contribution in [0.25, 0.3) is 0 Å². The summed E-state index contributed by atoms with van der Waals surface area (Å²) in [5.74, 6) is -0.635. The van der Waals surface area contributed by atoms with Gasteiger partial charge in [-0.1, -0.05) is 37.3 Å². The number of aliphatic carboxylic acids is 1. The highest BCUT2D eigenvalue weighted by atomic mass is 32.2. The van der Waals surface area contributed by atoms with Gasteiger partial charge in [0.2, 0.25) is 5.89 Å². The van der Waals surface area contributed by atoms with E-state index in [4.69, 9.17) is 15.4 Å². The van der Waals surface area contributed by atoms with E-state index in [-0.39, 0.29) is 18.5 Å². The topological polar surface area (TPSA) is 181 Å². The summed E-state index contributed by atoms with van der Waals surface area (Å²) in [5, 5.41) is 22.1. The molecule has 1 fully saturated rings. The number of nitrogens with zero attached hydrogens (tertiary/aromatic N) is 2. The fraction of sp³-hybridized carbons (Fsp3) is 0.800. The summed E-state index contributed by atoms with van der Waals surface area (Å²) in [6.07, 6.45) is 5.27. The standard InChI is InChI=1S/C15H27N5O6S/c1-9(21)13(15(22)23)20-27(24,25)17-8-12-18-14(19-26-12)11(16)7-10-5-3-2-4-6-10/h9-11,13,17,20-21H,2-8,16H2,1H3,(H,22,23). The fourth-order valence-electron chi connectivity index (χ4n) is 3.10. The van der Waals surface area contributed by atoms with Crippen molar-refractivity contribution in [1.82, 2.24) is 19.6 Å². The van der Waals surface area contributed by atoms with Crippen LogP contribution < -0.4 is 15.2 Å². The number of carboxylic acid groups (broad SMARTS) is 1. The molecule has 154 valence electrons. The van der Waals surface area contributed by atoms with E-state index in [0.29, 0.717) is 11.7 Å². The third kappa shape index (κ3) is 6.81. The highest BCUT2D eigenvalue weighted by molar-refractivity contribution is 7.87. The van der Waals surface area contributed by atoms with Crippen LogP contribution in [0.2, 0.25) is 0 Å². The molecule has 0 aromatic carbocycles. The molecule has 0 aliphatic heterocycles. The highest BCUT2D eigenvalue weighted by Gasteiger charge is 2.28. The molecule has 1 saturated carbocycles. The van der Waals surface area contributed by atoms with Crippen LogP contribution in [-0.2, 0) is 21.5 Å². The van der Waals surface area contributed by atoms with Gasteiger partial charge in [0.15, 0.2) is 5.82 Å². The van der Waals surface area contributed by atoms with Crippen LogP contribution >= 0.6 is 0 Å². The van der Waals surface area contributed by atoms with E-state index in [1.165, 1.54) is 26.2 Å². The van der Waals surface area contributed by atoms with E-state index < -0.39 is 28.3 Å². The first-order valence-electron chi connectivity index (χ1n) is 8.94. The largest absolute Gasteiger partial charge is 0.480 e. The second-order valence-electron chi connectivity index (χ2n) is 6.89. The second kappa shape index (κ2) is 9.55. The Labute approximate surface area is 157 Å². The first kappa shape index (κ1) is 21.7. The van der Waals surface area contributed by atoms with Crippen molar-refractivity contribution in [2.24, 2.45) is 11.7 Å². The zero-order valence-electron chi connectivity index (χ0n) is 15.2. The maximum Gasteiger partial charge on any atom is 0.324 e. The van der Waals surface area contributed by atoms with Crippen molar-refractivity contribution in [1.29, 1.82) is 0 Å². The quantitative estimate of drug-likeness (QED) is 0.352. The summed E-state index contributed by atoms with van der Waals surface area (Å²) in [4.78, 5) is 15.1. The predicted octanol–water partition coefficient (Wildman–Crippen LogP) is -0.202. The molecule has 1 aromatic rings. The first-order chi connectivity index (χ1) is 12.7. The maximum atomic E-state index is 11.9. The number of nitrogens with two attached hydrogens (primary N) is 1. The molecule has 3 unspecified atom stereocenters. The molecule has 0 amide bonds. The Balaban J connectivity index is 1.88. The van der Waals surface area contributed by atoms with Gasteiger partial charge in [0, 0.05) is 0 Å². The lowest BCUT2D eigenvalue weighted by atomic mass is 9.85. The van der Waals surface area contributed by atoms with E-state index in [0.717, 1.165) is 19.3 Å². The van der Waals surface area contributed by atoms with Gasteiger partial charge in [-0.15, -0.1) is 0 Å². The summed E-state index contributed by atoms with van der Waals surface area (Å²) in [6, 6.07) is -2.06. The van der Waals surface area contributed by atoms with Crippen molar-refractivity contribution < 1.29 is 27.9 Å². The number of aliphatic hydroxyl groups is 1. The molecule has 3 atom stereocenters. The first-order valence-corrected chi connectivity index (χ1v) is 10.4. The van der Waals surface area contributed by atoms with Gasteiger partial charge in [0.05, 0.1) is 18.7 Å². The minimum atomic E-state index is -4.20. The molecule has 1 aromatic heterocycles. The van der Waals surface area contributed by atoms with Gasteiger partial charge in [-0.2, -0.15) is 22.8 Å². The lowest BCUT2D eigenvalue weighted by Crippen LogP contribution is -2.51. The molecule has 12 heteroatoms. The zero-order chi connectivity index (χ0) is 20.0. The normalized spacial score (nSPS) is 19.5. The number of hydrogen-bond acceptors (Lipinski definition) is 8. The maximum absolute atomic E-state index is 11.9. The van der Waals surface area contributed by atoms with Gasteiger partial charge in [-0.25, -0.2) is 0 Å². The Bertz CT molecular complexity index is 716. The molecule has 0 spiro atoms. The lowest BCUT2D eigenvalue weighted by molar-refractivity contribution is -0.141. The van der Waals surface area contributed by atoms with Crippen molar-refractivity contribution >= 4 is 16.2 Å². The molecule has 0 bridgehead atoms. The van der Waals surface area contributed by atoms with Crippen LogP contribution in [0.3, 0.4) is 0 Å². The minimum absolute atomic E-state index is 0.0124. The smallest absolute Gasteiger partial charge is 0.324 e. The van der Waals surface area contributed by atoms with Gasteiger partial charge in [-0.3, -0.25) is 4.79 Å². The molecule has 6 N–H and O–H groups in total. The van der Waals surface area contributed by atoms with Crippen LogP contribution in [0.5, 0.6) is 0 Å². The SMILES string of the molecule is CC(O)C(NS(=O)(=O)NCc1nc(C(N)CC2CCCCC2)no1)C(=O)O. The van der Waals surface area contributed by atoms with E-state index in [1.54, 1.807) is 0 Å². The third-order valence-corrected chi connectivity index (χ3v) is 5.66. The van der Waals surface area contributed by atoms with Crippen LogP contribution in [0.1, 0.15) is 63.2 Å². The van der Waals surface area contributed by atoms with E-state index in [2.05, 4.69) is 14.9 Å². The summed E-state index contributed by atoms with van der Waals surface area (Å²) in [5.41, 5.74) is 6.12. The third-order valence-electron chi connectivity index (χ3n) is 4.57. The molecule has 27 heavy (non-hydrogen) atoms. The minimum Gasteiger partial charge on any atom is -0.480 e. The van der Waals surface area contributed by atoms with Crippen LogP contribution in [0.4, 0.5) is 0 Å². The number of carboxylic acids is 1. The number of carbonyl (C=O) groups is 1. The molecule has 1 heterocycles. The summed E-state index contributed by atoms with van der Waals surface area (Å²) in [6.45, 7) is 0.837. The number of hydrogen-bond donors (Lipinski definition) is 5. The molecule has 0 radical (unpaired) electrons. The second-order valence-corrected chi connectivity index (χ2v) is 8.42. The monoisotopic (exact) mass is 405 g/mol. The fourth-order valence-corrected chi connectivity index (χ4v) is 4.13. The van der Waals surface area contributed by atoms with Gasteiger partial charge >= 0.3 is 5.97 Å². The van der Waals surface area contributed by atoms with Crippen molar-refractivity contribution in [2.45, 2.75) is 70.2 Å². The number of rotatable bonds is 10. The van der Waals surface area contributed by atoms with Crippen molar-refractivity contribution in [3.05, 3.63) is 11.7 Å². The number of aliphatic hydroxyl groups excluding tert-OH is 1. The molecule has 11 nitrogen and oxygen atoms in total. The average molecular weight is 405 g/mol. The van der Waals surface area contributed by atoms with Gasteiger partial charge in [0.25, 0.3) is 10.2 Å². The summed E-state index contributed by atoms with van der Waals surface area (Å²) in [7, 11) is -4.20. The Morgan fingerprint density at radius 3 is 2.63 bits per heavy atom. The van der Waals surface area contributed by atoms with E-state index >= 15 is 0 Å². The van der Waals surface area contributed by atoms with Gasteiger partial charge < -0.3 is 20.5 Å². The zero-order valence-corrected chi connectivity index (χ0v) is 16.0. The molecular formula is C15H27N5O6S. The predicted molar refractivity (Wildman–Crippen MR) is 94.4 cm³/mol. The Morgan fingerprint density at radius 2 is 2.04 bits per heavy atom. The Hall–Kier alpha value is -1.60. The van der Waals surface area contributed by atoms with E-state index in [9.17, 15) is 18.3 Å². The molecular weight excluding hydrogens is 378 g/mol. The Kier molecular flexibility index (Phi) is 7.68. The van der Waals surface area contributed by atoms with Crippen molar-refractivity contribution in [2.75, 3.05) is 0 Å². The van der Waals surface area contributed by atoms with Crippen LogP contribution in [0, 0.1) is 5.92 Å². The number of aromatic nitrogens is 2. The van der Waals surface area contributed by atoms with Gasteiger partial charge in [0.1, 0.15) is 6.04 Å². The molecule has 0 saturated heterocycles. The summed E-state index contributed by atoms with van der Waals surface area (Å²) < 4.78 is 32.8. The average Bonchev–Trinajstić information content (AvgIpc) is 3.08. The Morgan fingerprint density at radius 1 is 1.37 bits per heavy atom. The molecule has 1 aliphatic carbocycles. The summed E-state index contributed by atoms with van der Waals surface area (Å²) >= 11 is 0. The van der Waals surface area contributed by atoms with Crippen LogP contribution in [-0.4, -0.2) is 46.9 Å². The number of nitrogens with one attached hydrogen (secondary N) is 2. The van der Waals surface area contributed by atoms with Crippen molar-refractivity contribution in [3.63, 3.8) is 0 Å². The van der Waals surface area contributed by atoms with E-state index in [1.807, 2.05) is 4.72 Å². The van der Waals surface area contributed by atoms with Crippen molar-refractivity contribution in [3.8, 4) is 0 Å². The lowest BCUT2D eigenvalue weighted by Gasteiger charge is -2.23. The molecule has 2 rings (SSSR count). The van der Waals surface area contributed by atoms with Gasteiger partial charge in [-0.05, 0) is 19.3 Å². The highest BCUT2D eigenvalue weighted by Crippen LogP contribution is 2.30.